The summed E-state index contributed by atoms with van der Waals surface area (Å²) in [7, 11) is 0. The molecule has 5 nitrogen and oxygen atoms in total. The number of nitrogens with zero attached hydrogens (tertiary/aromatic N) is 1. The number of carbonyl (C=O) groups excluding carboxylic acids is 2. The zero-order valence-electron chi connectivity index (χ0n) is 15.9. The molecule has 4 atom stereocenters. The largest absolute Gasteiger partial charge is 0.611 e. The Hall–Kier alpha value is -1.92. The van der Waals surface area contributed by atoms with Gasteiger partial charge in [-0.25, -0.2) is 0 Å². The van der Waals surface area contributed by atoms with Crippen molar-refractivity contribution in [3.63, 3.8) is 0 Å². The van der Waals surface area contributed by atoms with E-state index in [2.05, 4.69) is 6.92 Å². The summed E-state index contributed by atoms with van der Waals surface area (Å²) in [6.07, 6.45) is 7.67. The third-order valence-electron chi connectivity index (χ3n) is 7.15. The standard InChI is InChI=1S/C21H28BNO4/c1-16(18-10-6-3-7-11-18)23-14-19(20(24)15-23)21(25)27-22(23,26)13-12-17-8-4-2-5-9-17/h2,4-5,8-9,12-13,16,18-19,26H,3,6-7,10-11,14-15H2,1H3/b13-12+/t16?,19?,22?,23-/m1/s1. The summed E-state index contributed by atoms with van der Waals surface area (Å²) >= 11 is 0. The average molecular weight is 369 g/mol. The predicted octanol–water partition coefficient (Wildman–Crippen LogP) is 2.71. The van der Waals surface area contributed by atoms with E-state index in [4.69, 9.17) is 4.65 Å². The van der Waals surface area contributed by atoms with E-state index < -0.39 is 18.6 Å². The molecular weight excluding hydrogens is 341 g/mol. The van der Waals surface area contributed by atoms with Crippen LogP contribution < -0.4 is 0 Å². The minimum absolute atomic E-state index is 0.0813. The summed E-state index contributed by atoms with van der Waals surface area (Å²) in [5, 5.41) is 11.6. The highest BCUT2D eigenvalue weighted by atomic mass is 16.6. The van der Waals surface area contributed by atoms with Crippen LogP contribution in [0.3, 0.4) is 0 Å². The smallest absolute Gasteiger partial charge is 0.549 e. The Morgan fingerprint density at radius 3 is 2.59 bits per heavy atom. The Morgan fingerprint density at radius 2 is 1.89 bits per heavy atom. The maximum atomic E-state index is 12.6. The van der Waals surface area contributed by atoms with Gasteiger partial charge in [-0.05, 0) is 25.3 Å². The second-order valence-electron chi connectivity index (χ2n) is 8.57. The van der Waals surface area contributed by atoms with Gasteiger partial charge in [-0.1, -0.05) is 55.7 Å². The van der Waals surface area contributed by atoms with Crippen LogP contribution in [0, 0.1) is 11.8 Å². The van der Waals surface area contributed by atoms with E-state index in [0.717, 1.165) is 18.4 Å². The Kier molecular flexibility index (Phi) is 4.72. The highest BCUT2D eigenvalue weighted by Crippen LogP contribution is 2.43. The number of fused-ring (bicyclic) bond motifs is 2. The van der Waals surface area contributed by atoms with E-state index in [-0.39, 0.29) is 22.8 Å². The van der Waals surface area contributed by atoms with Gasteiger partial charge in [0.25, 0.3) is 5.97 Å². The van der Waals surface area contributed by atoms with E-state index in [1.807, 2.05) is 36.4 Å². The van der Waals surface area contributed by atoms with Crippen LogP contribution in [0.4, 0.5) is 0 Å². The third-order valence-corrected chi connectivity index (χ3v) is 7.15. The van der Waals surface area contributed by atoms with Gasteiger partial charge in [-0.2, -0.15) is 0 Å². The minimum atomic E-state index is -2.62. The first-order valence-electron chi connectivity index (χ1n) is 10.2. The lowest BCUT2D eigenvalue weighted by Gasteiger charge is -2.59. The summed E-state index contributed by atoms with van der Waals surface area (Å²) in [5.41, 5.74) is 0.931. The zero-order chi connectivity index (χ0) is 19.1. The molecule has 0 spiro atoms. The third kappa shape index (κ3) is 3.05. The van der Waals surface area contributed by atoms with Gasteiger partial charge in [-0.15, -0.1) is 5.98 Å². The SMILES string of the molecule is CC(C1CCCCC1)[N@+]12CC(=O)C(C1)C(=O)O[B-]2(O)/C=C/c1ccccc1. The van der Waals surface area contributed by atoms with Crippen LogP contribution in [0.2, 0.25) is 0 Å². The van der Waals surface area contributed by atoms with Crippen molar-refractivity contribution in [1.29, 1.82) is 0 Å². The van der Waals surface area contributed by atoms with Crippen molar-refractivity contribution < 1.29 is 23.7 Å². The highest BCUT2D eigenvalue weighted by molar-refractivity contribution is 6.67. The second kappa shape index (κ2) is 6.91. The predicted molar refractivity (Wildman–Crippen MR) is 104 cm³/mol. The first kappa shape index (κ1) is 18.4. The first-order valence-corrected chi connectivity index (χ1v) is 10.2. The monoisotopic (exact) mass is 369 g/mol. The van der Waals surface area contributed by atoms with E-state index >= 15 is 0 Å². The number of hydrogen-bond donors (Lipinski definition) is 1. The molecular formula is C21H28BNO4. The van der Waals surface area contributed by atoms with Crippen molar-refractivity contribution in [2.75, 3.05) is 13.1 Å². The molecule has 0 aromatic heterocycles. The fourth-order valence-electron chi connectivity index (χ4n) is 5.45. The van der Waals surface area contributed by atoms with E-state index in [9.17, 15) is 14.6 Å². The maximum Gasteiger partial charge on any atom is 0.549 e. The molecule has 0 amide bonds. The fourth-order valence-corrected chi connectivity index (χ4v) is 5.45. The summed E-state index contributed by atoms with van der Waals surface area (Å²) in [5.74, 6) is 0.710. The van der Waals surface area contributed by atoms with Crippen LogP contribution in [0.25, 0.3) is 6.08 Å². The Balaban J connectivity index is 1.71. The van der Waals surface area contributed by atoms with Gasteiger partial charge in [0, 0.05) is 5.92 Å². The van der Waals surface area contributed by atoms with Gasteiger partial charge >= 0.3 is 6.69 Å². The summed E-state index contributed by atoms with van der Waals surface area (Å²) < 4.78 is 5.80. The number of carbonyl (C=O) groups is 2. The van der Waals surface area contributed by atoms with Gasteiger partial charge in [0.05, 0.1) is 12.6 Å². The minimum Gasteiger partial charge on any atom is -0.611 e. The molecule has 27 heavy (non-hydrogen) atoms. The number of quaternary nitrogens is 1. The van der Waals surface area contributed by atoms with Crippen molar-refractivity contribution in [1.82, 2.24) is 0 Å². The van der Waals surface area contributed by atoms with Crippen LogP contribution in [0.1, 0.15) is 44.6 Å². The number of benzene rings is 1. The molecule has 3 fully saturated rings. The molecule has 2 saturated heterocycles. The van der Waals surface area contributed by atoms with E-state index in [0.29, 0.717) is 12.5 Å². The van der Waals surface area contributed by atoms with Gasteiger partial charge in [-0.3, -0.25) is 9.59 Å². The van der Waals surface area contributed by atoms with Gasteiger partial charge in [0.15, 0.2) is 5.92 Å². The second-order valence-corrected chi connectivity index (χ2v) is 8.57. The molecule has 1 saturated carbocycles. The number of Topliss-reactive ketones (excluding diaryl/α,β-unsaturated/α-hetero) is 1. The van der Waals surface area contributed by atoms with E-state index in [1.54, 1.807) is 5.98 Å². The molecule has 144 valence electrons. The van der Waals surface area contributed by atoms with Crippen molar-refractivity contribution >= 4 is 24.5 Å². The Morgan fingerprint density at radius 1 is 1.19 bits per heavy atom. The van der Waals surface area contributed by atoms with Crippen LogP contribution in [-0.2, 0) is 14.2 Å². The molecule has 1 N–H and O–H groups in total. The first-order chi connectivity index (χ1) is 13.0. The van der Waals surface area contributed by atoms with Crippen LogP contribution in [0.15, 0.2) is 36.3 Å². The molecule has 6 heteroatoms. The van der Waals surface area contributed by atoms with Gasteiger partial charge < -0.3 is 14.1 Å². The normalized spacial score (nSPS) is 35.4. The number of ketones is 1. The quantitative estimate of drug-likeness (QED) is 0.655. The summed E-state index contributed by atoms with van der Waals surface area (Å²) in [6, 6.07) is 9.74. The van der Waals surface area contributed by atoms with Crippen molar-refractivity contribution in [2.24, 2.45) is 11.8 Å². The van der Waals surface area contributed by atoms with E-state index in [1.165, 1.54) is 19.3 Å². The molecule has 0 radical (unpaired) electrons. The Labute approximate surface area is 160 Å². The molecule has 4 rings (SSSR count). The number of rotatable bonds is 4. The zero-order valence-corrected chi connectivity index (χ0v) is 15.9. The summed E-state index contributed by atoms with van der Waals surface area (Å²) in [6.45, 7) is 0.0633. The summed E-state index contributed by atoms with van der Waals surface area (Å²) in [4.78, 5) is 25.0. The molecule has 3 unspecified atom stereocenters. The highest BCUT2D eigenvalue weighted by Gasteiger charge is 2.64. The lowest BCUT2D eigenvalue weighted by atomic mass is 9.61. The lowest BCUT2D eigenvalue weighted by molar-refractivity contribution is -0.863. The number of hydrogen-bond acceptors (Lipinski definition) is 4. The molecule has 2 heterocycles. The molecule has 1 aromatic rings. The van der Waals surface area contributed by atoms with Gasteiger partial charge in [0.1, 0.15) is 6.54 Å². The molecule has 1 aliphatic carbocycles. The molecule has 2 bridgehead atoms. The van der Waals surface area contributed by atoms with Crippen LogP contribution >= 0.6 is 0 Å². The van der Waals surface area contributed by atoms with Gasteiger partial charge in [0.2, 0.25) is 5.78 Å². The average Bonchev–Trinajstić information content (AvgIpc) is 3.03. The molecule has 1 aromatic carbocycles. The van der Waals surface area contributed by atoms with Crippen molar-refractivity contribution in [2.45, 2.75) is 45.1 Å². The topological polar surface area (TPSA) is 63.6 Å². The fraction of sp³-hybridized carbons (Fsp3) is 0.524. The maximum absolute atomic E-state index is 12.6. The lowest BCUT2D eigenvalue weighted by Crippen LogP contribution is -2.75. The van der Waals surface area contributed by atoms with Crippen LogP contribution in [-0.4, -0.2) is 47.0 Å². The van der Waals surface area contributed by atoms with Crippen molar-refractivity contribution in [3.05, 3.63) is 41.9 Å². The van der Waals surface area contributed by atoms with Crippen LogP contribution in [0.5, 0.6) is 0 Å². The molecule has 3 aliphatic rings. The van der Waals surface area contributed by atoms with Crippen molar-refractivity contribution in [3.8, 4) is 0 Å². The Bertz CT molecular complexity index is 761. The molecule has 2 aliphatic heterocycles.